The number of hydrogen-bond donors (Lipinski definition) is 2. The van der Waals surface area contributed by atoms with Crippen LogP contribution in [0.25, 0.3) is 0 Å². The van der Waals surface area contributed by atoms with E-state index in [4.69, 9.17) is 11.6 Å². The Kier molecular flexibility index (Phi) is 4.75. The summed E-state index contributed by atoms with van der Waals surface area (Å²) in [4.78, 5) is 30.5. The Morgan fingerprint density at radius 2 is 2.05 bits per heavy atom. The third-order valence-electron chi connectivity index (χ3n) is 3.11. The molecule has 2 rings (SSSR count). The maximum Gasteiger partial charge on any atom is 0.254 e. The van der Waals surface area contributed by atoms with Gasteiger partial charge in [0.2, 0.25) is 5.91 Å². The minimum atomic E-state index is -0.270. The number of hydrogen-bond acceptors (Lipinski definition) is 3. The molecular formula is C15H16ClN3O2. The molecule has 0 spiro atoms. The van der Waals surface area contributed by atoms with Crippen molar-refractivity contribution in [3.63, 3.8) is 0 Å². The Bertz CT molecular complexity index is 725. The molecule has 6 heteroatoms. The summed E-state index contributed by atoms with van der Waals surface area (Å²) in [5, 5.41) is 3.35. The first-order valence-corrected chi connectivity index (χ1v) is 6.91. The predicted molar refractivity (Wildman–Crippen MR) is 81.3 cm³/mol. The smallest absolute Gasteiger partial charge is 0.254 e. The van der Waals surface area contributed by atoms with Gasteiger partial charge in [-0.3, -0.25) is 9.59 Å². The van der Waals surface area contributed by atoms with E-state index >= 15 is 0 Å². The standard InChI is InChI=1S/C15H16ClN3O2/c1-9-12(15(21)19-10(2)18-9)7-14(20)17-8-11-5-3-4-6-13(11)16/h3-6H,7-8H2,1-2H3,(H,17,20)(H,18,19,21). The van der Waals surface area contributed by atoms with Crippen LogP contribution in [-0.4, -0.2) is 15.9 Å². The van der Waals surface area contributed by atoms with Crippen LogP contribution in [0.4, 0.5) is 0 Å². The van der Waals surface area contributed by atoms with Crippen LogP contribution in [0.15, 0.2) is 29.1 Å². The highest BCUT2D eigenvalue weighted by Crippen LogP contribution is 2.14. The van der Waals surface area contributed by atoms with Crippen LogP contribution in [0.3, 0.4) is 0 Å². The van der Waals surface area contributed by atoms with Gasteiger partial charge in [0.25, 0.3) is 5.56 Å². The molecule has 0 aliphatic rings. The molecular weight excluding hydrogens is 290 g/mol. The van der Waals surface area contributed by atoms with Gasteiger partial charge < -0.3 is 10.3 Å². The molecule has 2 N–H and O–H groups in total. The zero-order valence-corrected chi connectivity index (χ0v) is 12.6. The largest absolute Gasteiger partial charge is 0.352 e. The third kappa shape index (κ3) is 3.92. The lowest BCUT2D eigenvalue weighted by Crippen LogP contribution is -2.29. The van der Waals surface area contributed by atoms with Crippen molar-refractivity contribution in [3.8, 4) is 0 Å². The fraction of sp³-hybridized carbons (Fsp3) is 0.267. The molecule has 5 nitrogen and oxygen atoms in total. The number of halogens is 1. The summed E-state index contributed by atoms with van der Waals surface area (Å²) >= 11 is 6.02. The first-order chi connectivity index (χ1) is 9.97. The van der Waals surface area contributed by atoms with Crippen molar-refractivity contribution in [2.45, 2.75) is 26.8 Å². The van der Waals surface area contributed by atoms with Gasteiger partial charge in [-0.2, -0.15) is 0 Å². The molecule has 0 atom stereocenters. The zero-order chi connectivity index (χ0) is 15.4. The van der Waals surface area contributed by atoms with Gasteiger partial charge in [-0.1, -0.05) is 29.8 Å². The number of carbonyl (C=O) groups excluding carboxylic acids is 1. The fourth-order valence-corrected chi connectivity index (χ4v) is 2.22. The highest BCUT2D eigenvalue weighted by atomic mass is 35.5. The van der Waals surface area contributed by atoms with Gasteiger partial charge in [0.05, 0.1) is 6.42 Å². The van der Waals surface area contributed by atoms with Crippen LogP contribution < -0.4 is 10.9 Å². The normalized spacial score (nSPS) is 10.4. The minimum Gasteiger partial charge on any atom is -0.352 e. The second-order valence-corrected chi connectivity index (χ2v) is 5.17. The van der Waals surface area contributed by atoms with E-state index in [1.807, 2.05) is 18.2 Å². The molecule has 1 amide bonds. The van der Waals surface area contributed by atoms with E-state index in [2.05, 4.69) is 15.3 Å². The van der Waals surface area contributed by atoms with Gasteiger partial charge in [0.15, 0.2) is 0 Å². The maximum absolute atomic E-state index is 12.0. The molecule has 1 aromatic heterocycles. The average molecular weight is 306 g/mol. The topological polar surface area (TPSA) is 74.8 Å². The number of carbonyl (C=O) groups is 1. The van der Waals surface area contributed by atoms with Crippen LogP contribution in [0.2, 0.25) is 5.02 Å². The molecule has 0 bridgehead atoms. The van der Waals surface area contributed by atoms with Crippen LogP contribution in [-0.2, 0) is 17.8 Å². The summed E-state index contributed by atoms with van der Waals surface area (Å²) in [5.41, 5.74) is 1.52. The average Bonchev–Trinajstić information content (AvgIpc) is 2.42. The first-order valence-electron chi connectivity index (χ1n) is 6.54. The number of rotatable bonds is 4. The van der Waals surface area contributed by atoms with E-state index in [0.29, 0.717) is 28.6 Å². The Hall–Kier alpha value is -2.14. The lowest BCUT2D eigenvalue weighted by molar-refractivity contribution is -0.120. The van der Waals surface area contributed by atoms with Gasteiger partial charge in [0.1, 0.15) is 5.82 Å². The van der Waals surface area contributed by atoms with Gasteiger partial charge in [-0.15, -0.1) is 0 Å². The lowest BCUT2D eigenvalue weighted by Gasteiger charge is -2.08. The summed E-state index contributed by atoms with van der Waals surface area (Å²) in [6.45, 7) is 3.75. The Balaban J connectivity index is 2.03. The van der Waals surface area contributed by atoms with Crippen molar-refractivity contribution in [3.05, 3.63) is 62.3 Å². The SMILES string of the molecule is Cc1nc(C)c(CC(=O)NCc2ccccc2Cl)c(=O)[nH]1. The lowest BCUT2D eigenvalue weighted by atomic mass is 10.1. The second kappa shape index (κ2) is 6.54. The van der Waals surface area contributed by atoms with Crippen molar-refractivity contribution in [1.82, 2.24) is 15.3 Å². The minimum absolute atomic E-state index is 0.00109. The first kappa shape index (κ1) is 15.3. The molecule has 1 heterocycles. The number of benzene rings is 1. The third-order valence-corrected chi connectivity index (χ3v) is 3.48. The molecule has 0 fully saturated rings. The van der Waals surface area contributed by atoms with Gasteiger partial charge in [0, 0.05) is 22.8 Å². The van der Waals surface area contributed by atoms with Crippen LogP contribution in [0.5, 0.6) is 0 Å². The fourth-order valence-electron chi connectivity index (χ4n) is 2.02. The van der Waals surface area contributed by atoms with Crippen molar-refractivity contribution in [2.75, 3.05) is 0 Å². The highest BCUT2D eigenvalue weighted by Gasteiger charge is 2.12. The molecule has 0 radical (unpaired) electrons. The summed E-state index contributed by atoms with van der Waals surface area (Å²) < 4.78 is 0. The molecule has 2 aromatic rings. The Morgan fingerprint density at radius 1 is 1.33 bits per heavy atom. The summed E-state index contributed by atoms with van der Waals surface area (Å²) in [5.74, 6) is 0.298. The maximum atomic E-state index is 12.0. The number of nitrogens with one attached hydrogen (secondary N) is 2. The van der Waals surface area contributed by atoms with E-state index in [1.54, 1.807) is 19.9 Å². The number of H-pyrrole nitrogens is 1. The Labute approximate surface area is 127 Å². The molecule has 21 heavy (non-hydrogen) atoms. The number of aromatic nitrogens is 2. The summed E-state index contributed by atoms with van der Waals surface area (Å²) in [6, 6.07) is 7.29. The molecule has 0 unspecified atom stereocenters. The number of nitrogens with zero attached hydrogens (tertiary/aromatic N) is 1. The Morgan fingerprint density at radius 3 is 2.71 bits per heavy atom. The van der Waals surface area contributed by atoms with Crippen molar-refractivity contribution in [2.24, 2.45) is 0 Å². The molecule has 0 saturated carbocycles. The quantitative estimate of drug-likeness (QED) is 0.906. The highest BCUT2D eigenvalue weighted by molar-refractivity contribution is 6.31. The molecule has 1 aromatic carbocycles. The molecule has 110 valence electrons. The molecule has 0 aliphatic carbocycles. The predicted octanol–water partition coefficient (Wildman–Crippen LogP) is 1.90. The van der Waals surface area contributed by atoms with Gasteiger partial charge in [-0.25, -0.2) is 4.98 Å². The van der Waals surface area contributed by atoms with E-state index in [1.165, 1.54) is 0 Å². The van der Waals surface area contributed by atoms with Crippen molar-refractivity contribution >= 4 is 17.5 Å². The van der Waals surface area contributed by atoms with Crippen LogP contribution in [0.1, 0.15) is 22.6 Å². The van der Waals surface area contributed by atoms with Crippen molar-refractivity contribution in [1.29, 1.82) is 0 Å². The van der Waals surface area contributed by atoms with E-state index in [0.717, 1.165) is 5.56 Å². The van der Waals surface area contributed by atoms with Crippen LogP contribution in [0, 0.1) is 13.8 Å². The van der Waals surface area contributed by atoms with Crippen molar-refractivity contribution < 1.29 is 4.79 Å². The van der Waals surface area contributed by atoms with Gasteiger partial charge in [-0.05, 0) is 25.5 Å². The van der Waals surface area contributed by atoms with Gasteiger partial charge >= 0.3 is 0 Å². The summed E-state index contributed by atoms with van der Waals surface area (Å²) in [6.07, 6.45) is -0.00109. The van der Waals surface area contributed by atoms with E-state index < -0.39 is 0 Å². The number of aromatic amines is 1. The monoisotopic (exact) mass is 305 g/mol. The molecule has 0 aliphatic heterocycles. The number of aryl methyl sites for hydroxylation is 2. The number of amides is 1. The molecule has 0 saturated heterocycles. The second-order valence-electron chi connectivity index (χ2n) is 4.76. The summed E-state index contributed by atoms with van der Waals surface area (Å²) in [7, 11) is 0. The van der Waals surface area contributed by atoms with Crippen LogP contribution >= 0.6 is 11.6 Å². The zero-order valence-electron chi connectivity index (χ0n) is 11.9. The van der Waals surface area contributed by atoms with E-state index in [9.17, 15) is 9.59 Å². The van der Waals surface area contributed by atoms with E-state index in [-0.39, 0.29) is 17.9 Å².